The molecular weight excluding hydrogens is 521 g/mol. The normalized spacial score (nSPS) is 14.0. The molecule has 0 atom stereocenters. The van der Waals surface area contributed by atoms with Gasteiger partial charge in [0.1, 0.15) is 0 Å². The molecule has 1 saturated carbocycles. The fraction of sp³-hybridized carbons (Fsp3) is 0.333. The molecular formula is C33H36N2O2S2. The van der Waals surface area contributed by atoms with Gasteiger partial charge in [-0.2, -0.15) is 0 Å². The van der Waals surface area contributed by atoms with Crippen molar-refractivity contribution >= 4 is 34.2 Å². The summed E-state index contributed by atoms with van der Waals surface area (Å²) in [7, 11) is 0. The number of hydrogen-bond donors (Lipinski definition) is 1. The molecule has 6 heteroatoms. The molecule has 0 radical (unpaired) electrons. The number of anilines is 1. The Balaban J connectivity index is 1.19. The molecule has 1 aromatic heterocycles. The molecule has 0 amide bonds. The maximum Gasteiger partial charge on any atom is 0.335 e. The van der Waals surface area contributed by atoms with Gasteiger partial charge in [-0.25, -0.2) is 9.78 Å². The quantitative estimate of drug-likeness (QED) is 0.197. The van der Waals surface area contributed by atoms with Crippen molar-refractivity contribution in [3.8, 4) is 11.3 Å². The molecule has 5 rings (SSSR count). The SMILES string of the molecule is CC(C)N(Cc1ccc(C(=O)O)cc1)c1nc(-c2ccc(SCc3ccc(C4CCCCC4)cc3)cc2)cs1. The van der Waals surface area contributed by atoms with Gasteiger partial charge in [0.15, 0.2) is 5.13 Å². The van der Waals surface area contributed by atoms with Gasteiger partial charge in [0, 0.05) is 34.2 Å². The maximum absolute atomic E-state index is 11.2. The molecule has 1 N–H and O–H groups in total. The zero-order valence-corrected chi connectivity index (χ0v) is 24.3. The molecule has 0 saturated heterocycles. The van der Waals surface area contributed by atoms with Crippen LogP contribution in [0.25, 0.3) is 11.3 Å². The van der Waals surface area contributed by atoms with Crippen molar-refractivity contribution in [3.63, 3.8) is 0 Å². The van der Waals surface area contributed by atoms with Crippen LogP contribution in [-0.4, -0.2) is 22.1 Å². The second-order valence-corrected chi connectivity index (χ2v) is 12.5. The molecule has 1 aliphatic rings. The van der Waals surface area contributed by atoms with E-state index >= 15 is 0 Å². The van der Waals surface area contributed by atoms with Crippen molar-refractivity contribution in [2.75, 3.05) is 4.90 Å². The summed E-state index contributed by atoms with van der Waals surface area (Å²) in [6.45, 7) is 4.99. The predicted octanol–water partition coefficient (Wildman–Crippen LogP) is 9.26. The number of hydrogen-bond acceptors (Lipinski definition) is 5. The average Bonchev–Trinajstić information content (AvgIpc) is 3.46. The summed E-state index contributed by atoms with van der Waals surface area (Å²) >= 11 is 3.52. The first kappa shape index (κ1) is 27.5. The molecule has 4 nitrogen and oxygen atoms in total. The predicted molar refractivity (Wildman–Crippen MR) is 164 cm³/mol. The molecule has 202 valence electrons. The van der Waals surface area contributed by atoms with Gasteiger partial charge >= 0.3 is 5.97 Å². The zero-order chi connectivity index (χ0) is 27.2. The molecule has 0 unspecified atom stereocenters. The first-order valence-corrected chi connectivity index (χ1v) is 15.7. The molecule has 1 fully saturated rings. The van der Waals surface area contributed by atoms with E-state index in [0.29, 0.717) is 12.1 Å². The number of thiazole rings is 1. The van der Waals surface area contributed by atoms with Gasteiger partial charge in [0.05, 0.1) is 11.3 Å². The Bertz CT molecular complexity index is 1360. The van der Waals surface area contributed by atoms with Gasteiger partial charge in [-0.3, -0.25) is 0 Å². The lowest BCUT2D eigenvalue weighted by Gasteiger charge is -2.26. The van der Waals surface area contributed by atoms with Crippen LogP contribution in [0.3, 0.4) is 0 Å². The third-order valence-electron chi connectivity index (χ3n) is 7.53. The Morgan fingerprint density at radius 3 is 2.26 bits per heavy atom. The summed E-state index contributed by atoms with van der Waals surface area (Å²) in [4.78, 5) is 19.6. The summed E-state index contributed by atoms with van der Waals surface area (Å²) < 4.78 is 0. The third kappa shape index (κ3) is 7.11. The molecule has 3 aromatic carbocycles. The van der Waals surface area contributed by atoms with Crippen molar-refractivity contribution in [3.05, 3.63) is 100 Å². The van der Waals surface area contributed by atoms with Crippen LogP contribution < -0.4 is 4.90 Å². The number of carbonyl (C=O) groups is 1. The zero-order valence-electron chi connectivity index (χ0n) is 22.7. The topological polar surface area (TPSA) is 53.4 Å². The summed E-state index contributed by atoms with van der Waals surface area (Å²) in [5, 5.41) is 12.3. The number of thioether (sulfide) groups is 1. The summed E-state index contributed by atoms with van der Waals surface area (Å²) in [5.74, 6) is 0.832. The van der Waals surface area contributed by atoms with E-state index in [4.69, 9.17) is 10.1 Å². The summed E-state index contributed by atoms with van der Waals surface area (Å²) in [6, 6.07) is 25.4. The first-order valence-electron chi connectivity index (χ1n) is 13.8. The molecule has 1 aliphatic carbocycles. The van der Waals surface area contributed by atoms with Crippen molar-refractivity contribution in [1.82, 2.24) is 4.98 Å². The lowest BCUT2D eigenvalue weighted by molar-refractivity contribution is 0.0697. The monoisotopic (exact) mass is 556 g/mol. The fourth-order valence-corrected chi connectivity index (χ4v) is 6.98. The Kier molecular flexibility index (Phi) is 9.05. The van der Waals surface area contributed by atoms with E-state index < -0.39 is 5.97 Å². The molecule has 0 spiro atoms. The highest BCUT2D eigenvalue weighted by molar-refractivity contribution is 7.98. The molecule has 1 heterocycles. The van der Waals surface area contributed by atoms with E-state index in [1.54, 1.807) is 23.5 Å². The van der Waals surface area contributed by atoms with Crippen molar-refractivity contribution in [2.24, 2.45) is 0 Å². The Labute approximate surface area is 240 Å². The first-order chi connectivity index (χ1) is 19.0. The smallest absolute Gasteiger partial charge is 0.335 e. The van der Waals surface area contributed by atoms with Gasteiger partial charge in [-0.05, 0) is 73.6 Å². The minimum absolute atomic E-state index is 0.263. The number of carboxylic acid groups (broad SMARTS) is 1. The Hall–Kier alpha value is -3.09. The largest absolute Gasteiger partial charge is 0.478 e. The van der Waals surface area contributed by atoms with E-state index in [2.05, 4.69) is 72.7 Å². The van der Waals surface area contributed by atoms with Crippen LogP contribution in [-0.2, 0) is 12.3 Å². The van der Waals surface area contributed by atoms with Crippen LogP contribution in [0, 0.1) is 0 Å². The number of aromatic nitrogens is 1. The molecule has 0 bridgehead atoms. The second kappa shape index (κ2) is 12.8. The molecule has 4 aromatic rings. The van der Waals surface area contributed by atoms with Gasteiger partial charge < -0.3 is 10.0 Å². The number of rotatable bonds is 10. The standard InChI is InChI=1S/C33H36N2O2S2/c1-23(2)35(20-24-8-14-29(15-9-24)32(36)37)33-34-31(22-39-33)28-16-18-30(19-17-28)38-21-25-10-12-27(13-11-25)26-6-4-3-5-7-26/h8-19,22-23,26H,3-7,20-21H2,1-2H3,(H,36,37). The highest BCUT2D eigenvalue weighted by Gasteiger charge is 2.17. The second-order valence-electron chi connectivity index (χ2n) is 10.6. The van der Waals surface area contributed by atoms with Crippen LogP contribution in [0.1, 0.15) is 78.9 Å². The van der Waals surface area contributed by atoms with Crippen molar-refractivity contribution < 1.29 is 9.90 Å². The molecule has 0 aliphatic heterocycles. The summed E-state index contributed by atoms with van der Waals surface area (Å²) in [5.41, 5.74) is 6.36. The van der Waals surface area contributed by atoms with Crippen LogP contribution in [0.4, 0.5) is 5.13 Å². The van der Waals surface area contributed by atoms with Crippen molar-refractivity contribution in [2.45, 2.75) is 75.1 Å². The van der Waals surface area contributed by atoms with E-state index in [1.165, 1.54) is 48.1 Å². The van der Waals surface area contributed by atoms with Crippen LogP contribution in [0.15, 0.2) is 83.1 Å². The van der Waals surface area contributed by atoms with Gasteiger partial charge in [-0.1, -0.05) is 67.8 Å². The van der Waals surface area contributed by atoms with E-state index in [-0.39, 0.29) is 6.04 Å². The van der Waals surface area contributed by atoms with Crippen molar-refractivity contribution in [1.29, 1.82) is 0 Å². The minimum atomic E-state index is -0.903. The van der Waals surface area contributed by atoms with E-state index in [0.717, 1.165) is 33.6 Å². The average molecular weight is 557 g/mol. The van der Waals surface area contributed by atoms with Crippen LogP contribution in [0.2, 0.25) is 0 Å². The van der Waals surface area contributed by atoms with E-state index in [1.807, 2.05) is 23.9 Å². The maximum atomic E-state index is 11.2. The molecule has 39 heavy (non-hydrogen) atoms. The number of nitrogens with zero attached hydrogens (tertiary/aromatic N) is 2. The number of benzene rings is 3. The lowest BCUT2D eigenvalue weighted by atomic mass is 9.84. The summed E-state index contributed by atoms with van der Waals surface area (Å²) in [6.07, 6.45) is 6.84. The van der Waals surface area contributed by atoms with Gasteiger partial charge in [0.2, 0.25) is 0 Å². The third-order valence-corrected chi connectivity index (χ3v) is 9.49. The highest BCUT2D eigenvalue weighted by atomic mass is 32.2. The Morgan fingerprint density at radius 1 is 0.949 bits per heavy atom. The lowest BCUT2D eigenvalue weighted by Crippen LogP contribution is -2.30. The minimum Gasteiger partial charge on any atom is -0.478 e. The van der Waals surface area contributed by atoms with E-state index in [9.17, 15) is 4.79 Å². The highest BCUT2D eigenvalue weighted by Crippen LogP contribution is 2.34. The fourth-order valence-electron chi connectivity index (χ4n) is 5.16. The van der Waals surface area contributed by atoms with Crippen LogP contribution in [0.5, 0.6) is 0 Å². The van der Waals surface area contributed by atoms with Crippen LogP contribution >= 0.6 is 23.1 Å². The number of aromatic carboxylic acids is 1. The van der Waals surface area contributed by atoms with Gasteiger partial charge in [0.25, 0.3) is 0 Å². The Morgan fingerprint density at radius 2 is 1.62 bits per heavy atom. The number of carboxylic acids is 1. The van der Waals surface area contributed by atoms with Gasteiger partial charge in [-0.15, -0.1) is 23.1 Å².